The van der Waals surface area contributed by atoms with Crippen LogP contribution in [-0.4, -0.2) is 25.7 Å². The molecule has 2 N–H and O–H groups in total. The Bertz CT molecular complexity index is 1200. The van der Waals surface area contributed by atoms with E-state index in [1.54, 1.807) is 6.07 Å². The number of carbonyl (C=O) groups is 1. The molecule has 27 heavy (non-hydrogen) atoms. The third-order valence-corrected chi connectivity index (χ3v) is 6.36. The second-order valence-electron chi connectivity index (χ2n) is 5.59. The summed E-state index contributed by atoms with van der Waals surface area (Å²) in [5, 5.41) is 12.9. The van der Waals surface area contributed by atoms with Gasteiger partial charge in [0.15, 0.2) is 5.82 Å². The van der Waals surface area contributed by atoms with E-state index in [1.807, 2.05) is 23.6 Å². The molecule has 0 spiro atoms. The van der Waals surface area contributed by atoms with Gasteiger partial charge in [-0.2, -0.15) is 5.10 Å². The second kappa shape index (κ2) is 7.37. The van der Waals surface area contributed by atoms with Gasteiger partial charge in [-0.1, -0.05) is 12.1 Å². The van der Waals surface area contributed by atoms with E-state index in [4.69, 9.17) is 0 Å². The van der Waals surface area contributed by atoms with Crippen molar-refractivity contribution < 1.29 is 4.79 Å². The van der Waals surface area contributed by atoms with Gasteiger partial charge in [-0.3, -0.25) is 19.3 Å². The largest absolute Gasteiger partial charge is 0.315 e. The van der Waals surface area contributed by atoms with Crippen LogP contribution < -0.4 is 10.9 Å². The first-order valence-corrected chi connectivity index (χ1v) is 10.2. The number of H-pyrrole nitrogens is 1. The smallest absolute Gasteiger partial charge is 0.251 e. The molecule has 1 amide bonds. The van der Waals surface area contributed by atoms with Gasteiger partial charge >= 0.3 is 0 Å². The number of nitrogens with zero attached hydrogens (tertiary/aromatic N) is 3. The molecule has 0 aliphatic rings. The number of amides is 1. The molecule has 4 aromatic rings. The predicted molar refractivity (Wildman–Crippen MR) is 112 cm³/mol. The van der Waals surface area contributed by atoms with Gasteiger partial charge in [0.25, 0.3) is 5.56 Å². The summed E-state index contributed by atoms with van der Waals surface area (Å²) in [5.41, 5.74) is 1.13. The SMILES string of the molecule is O=C(Cn1c(=O)ccc2cccc(Br)c21)Nc1scc(Br)c1-c1nc[nH]n1. The Labute approximate surface area is 173 Å². The van der Waals surface area contributed by atoms with Crippen molar-refractivity contribution in [2.24, 2.45) is 0 Å². The molecule has 0 atom stereocenters. The number of para-hydroxylation sites is 1. The van der Waals surface area contributed by atoms with E-state index in [0.29, 0.717) is 21.9 Å². The summed E-state index contributed by atoms with van der Waals surface area (Å²) >= 11 is 8.27. The van der Waals surface area contributed by atoms with Gasteiger partial charge in [-0.15, -0.1) is 11.3 Å². The first-order valence-electron chi connectivity index (χ1n) is 7.75. The summed E-state index contributed by atoms with van der Waals surface area (Å²) in [7, 11) is 0. The zero-order valence-electron chi connectivity index (χ0n) is 13.6. The monoisotopic (exact) mass is 507 g/mol. The molecule has 0 unspecified atom stereocenters. The number of hydrogen-bond acceptors (Lipinski definition) is 5. The number of benzene rings is 1. The fourth-order valence-electron chi connectivity index (χ4n) is 2.75. The summed E-state index contributed by atoms with van der Waals surface area (Å²) in [6.07, 6.45) is 1.47. The third kappa shape index (κ3) is 3.47. The summed E-state index contributed by atoms with van der Waals surface area (Å²) in [6, 6.07) is 8.82. The van der Waals surface area contributed by atoms with E-state index < -0.39 is 0 Å². The fourth-order valence-corrected chi connectivity index (χ4v) is 4.96. The lowest BCUT2D eigenvalue weighted by atomic mass is 10.2. The number of thiophene rings is 1. The van der Waals surface area contributed by atoms with Crippen LogP contribution in [0.4, 0.5) is 5.00 Å². The maximum absolute atomic E-state index is 12.7. The normalized spacial score (nSPS) is 11.0. The highest BCUT2D eigenvalue weighted by Gasteiger charge is 2.18. The van der Waals surface area contributed by atoms with Crippen molar-refractivity contribution in [1.29, 1.82) is 0 Å². The van der Waals surface area contributed by atoms with Crippen LogP contribution in [0.1, 0.15) is 0 Å². The average molecular weight is 509 g/mol. The van der Waals surface area contributed by atoms with E-state index in [0.717, 1.165) is 14.3 Å². The molecule has 0 aliphatic heterocycles. The number of carbonyl (C=O) groups excluding carboxylic acids is 1. The molecule has 4 rings (SSSR count). The molecule has 0 saturated carbocycles. The molecular formula is C17H11Br2N5O2S. The topological polar surface area (TPSA) is 92.7 Å². The molecule has 0 radical (unpaired) electrons. The van der Waals surface area contributed by atoms with Crippen molar-refractivity contribution in [3.8, 4) is 11.4 Å². The lowest BCUT2D eigenvalue weighted by Gasteiger charge is -2.12. The lowest BCUT2D eigenvalue weighted by Crippen LogP contribution is -2.27. The Balaban J connectivity index is 1.67. The number of aromatic nitrogens is 4. The van der Waals surface area contributed by atoms with Crippen molar-refractivity contribution in [2.45, 2.75) is 6.54 Å². The van der Waals surface area contributed by atoms with E-state index in [9.17, 15) is 9.59 Å². The van der Waals surface area contributed by atoms with Gasteiger partial charge in [0.05, 0.1) is 11.1 Å². The minimum Gasteiger partial charge on any atom is -0.315 e. The Kier molecular flexibility index (Phi) is 4.94. The zero-order valence-corrected chi connectivity index (χ0v) is 17.6. The van der Waals surface area contributed by atoms with Crippen LogP contribution in [0, 0.1) is 0 Å². The predicted octanol–water partition coefficient (Wildman–Crippen LogP) is 4.01. The molecule has 136 valence electrons. The number of anilines is 1. The van der Waals surface area contributed by atoms with E-state index in [-0.39, 0.29) is 18.0 Å². The first-order chi connectivity index (χ1) is 13.0. The summed E-state index contributed by atoms with van der Waals surface area (Å²) < 4.78 is 2.99. The molecule has 0 bridgehead atoms. The van der Waals surface area contributed by atoms with Gasteiger partial charge in [-0.05, 0) is 49.4 Å². The number of rotatable bonds is 4. The Morgan fingerprint density at radius 3 is 2.85 bits per heavy atom. The quantitative estimate of drug-likeness (QED) is 0.435. The van der Waals surface area contributed by atoms with E-state index in [2.05, 4.69) is 52.4 Å². The summed E-state index contributed by atoms with van der Waals surface area (Å²) in [5.74, 6) is 0.162. The highest BCUT2D eigenvalue weighted by atomic mass is 79.9. The fraction of sp³-hybridized carbons (Fsp3) is 0.0588. The van der Waals surface area contributed by atoms with Gasteiger partial charge in [0.1, 0.15) is 17.9 Å². The van der Waals surface area contributed by atoms with Gasteiger partial charge < -0.3 is 5.32 Å². The van der Waals surface area contributed by atoms with Crippen molar-refractivity contribution >= 4 is 65.0 Å². The Morgan fingerprint density at radius 1 is 1.22 bits per heavy atom. The maximum Gasteiger partial charge on any atom is 0.251 e. The molecule has 0 fully saturated rings. The number of hydrogen-bond donors (Lipinski definition) is 2. The molecule has 0 aliphatic carbocycles. The van der Waals surface area contributed by atoms with Crippen LogP contribution in [0.2, 0.25) is 0 Å². The number of fused-ring (bicyclic) bond motifs is 1. The van der Waals surface area contributed by atoms with Crippen LogP contribution in [0.15, 0.2) is 55.8 Å². The average Bonchev–Trinajstić information content (AvgIpc) is 3.27. The van der Waals surface area contributed by atoms with Crippen LogP contribution in [0.5, 0.6) is 0 Å². The van der Waals surface area contributed by atoms with Crippen molar-refractivity contribution in [2.75, 3.05) is 5.32 Å². The maximum atomic E-state index is 12.7. The number of halogens is 2. The highest BCUT2D eigenvalue weighted by molar-refractivity contribution is 9.11. The van der Waals surface area contributed by atoms with Crippen molar-refractivity contribution in [1.82, 2.24) is 19.7 Å². The molecule has 0 saturated heterocycles. The second-order valence-corrected chi connectivity index (χ2v) is 8.18. The van der Waals surface area contributed by atoms with E-state index in [1.165, 1.54) is 28.3 Å². The molecule has 10 heteroatoms. The number of aromatic amines is 1. The molecular weight excluding hydrogens is 498 g/mol. The molecule has 1 aromatic carbocycles. The standard InChI is InChI=1S/C17H11Br2N5O2S/c18-10-3-1-2-9-4-5-13(26)24(15(9)10)6-12(25)22-17-14(11(19)7-27-17)16-20-8-21-23-16/h1-5,7-8H,6H2,(H,22,25)(H,20,21,23). The highest BCUT2D eigenvalue weighted by Crippen LogP contribution is 2.38. The van der Waals surface area contributed by atoms with Crippen molar-refractivity contribution in [3.63, 3.8) is 0 Å². The Hall–Kier alpha value is -2.30. The summed E-state index contributed by atoms with van der Waals surface area (Å²) in [6.45, 7) is -0.109. The Morgan fingerprint density at radius 2 is 2.07 bits per heavy atom. The van der Waals surface area contributed by atoms with Gasteiger partial charge in [0, 0.05) is 20.4 Å². The van der Waals surface area contributed by atoms with Crippen LogP contribution in [0.3, 0.4) is 0 Å². The van der Waals surface area contributed by atoms with Gasteiger partial charge in [0.2, 0.25) is 5.91 Å². The minimum absolute atomic E-state index is 0.109. The first kappa shape index (κ1) is 18.1. The van der Waals surface area contributed by atoms with Crippen molar-refractivity contribution in [3.05, 3.63) is 61.3 Å². The van der Waals surface area contributed by atoms with E-state index >= 15 is 0 Å². The lowest BCUT2D eigenvalue weighted by molar-refractivity contribution is -0.116. The minimum atomic E-state index is -0.313. The molecule has 3 aromatic heterocycles. The molecule has 3 heterocycles. The molecule has 7 nitrogen and oxygen atoms in total. The van der Waals surface area contributed by atoms with Crippen LogP contribution >= 0.6 is 43.2 Å². The summed E-state index contributed by atoms with van der Waals surface area (Å²) in [4.78, 5) is 29.2. The van der Waals surface area contributed by atoms with Gasteiger partial charge in [-0.25, -0.2) is 4.98 Å². The number of pyridine rings is 1. The third-order valence-electron chi connectivity index (χ3n) is 3.90. The van der Waals surface area contributed by atoms with Crippen LogP contribution in [0.25, 0.3) is 22.3 Å². The van der Waals surface area contributed by atoms with Crippen LogP contribution in [-0.2, 0) is 11.3 Å². The number of nitrogens with one attached hydrogen (secondary N) is 2. The zero-order chi connectivity index (χ0) is 19.0.